The first kappa shape index (κ1) is 20.6. The maximum absolute atomic E-state index is 13.3. The van der Waals surface area contributed by atoms with Gasteiger partial charge in [0.1, 0.15) is 5.25 Å². The topological polar surface area (TPSA) is 77.0 Å². The van der Waals surface area contributed by atoms with Crippen molar-refractivity contribution >= 4 is 28.4 Å². The number of nitrogen functional groups attached to an aromatic ring is 1. The van der Waals surface area contributed by atoms with Gasteiger partial charge in [0.15, 0.2) is 5.82 Å². The van der Waals surface area contributed by atoms with Gasteiger partial charge in [-0.05, 0) is 34.7 Å². The molecule has 0 aliphatic carbocycles. The number of carbonyl (C=O) groups is 1. The minimum atomic E-state index is -0.397. The van der Waals surface area contributed by atoms with Gasteiger partial charge in [-0.15, -0.1) is 10.2 Å². The first-order valence-corrected chi connectivity index (χ1v) is 11.7. The number of carbonyl (C=O) groups excluding carboxylic acids is 1. The Hall–Kier alpha value is -3.32. The molecule has 7 heteroatoms. The number of nitrogens with zero attached hydrogens (tertiary/aromatic N) is 4. The van der Waals surface area contributed by atoms with Crippen LogP contribution < -0.4 is 5.84 Å². The maximum atomic E-state index is 13.3. The van der Waals surface area contributed by atoms with Crippen molar-refractivity contribution in [2.75, 3.05) is 18.9 Å². The van der Waals surface area contributed by atoms with Gasteiger partial charge in [0, 0.05) is 19.5 Å². The highest BCUT2D eigenvalue weighted by Gasteiger charge is 2.30. The molecule has 0 radical (unpaired) electrons. The van der Waals surface area contributed by atoms with Gasteiger partial charge in [0.2, 0.25) is 11.1 Å². The standard InChI is InChI=1S/C25H25N5OS/c26-30-22(17-20-13-8-12-18-9-4-5-14-21(18)20)27-28-25(30)32-23(19-10-2-1-3-11-19)24(31)29-15-6-7-16-29/h1-5,8-14,23H,6-7,15-17,26H2/t23-/m0/s1. The molecule has 2 N–H and O–H groups in total. The third kappa shape index (κ3) is 4.08. The van der Waals surface area contributed by atoms with E-state index in [1.54, 1.807) is 0 Å². The lowest BCUT2D eigenvalue weighted by atomic mass is 10.0. The number of fused-ring (bicyclic) bond motifs is 1. The molecule has 0 bridgehead atoms. The van der Waals surface area contributed by atoms with Crippen LogP contribution >= 0.6 is 11.8 Å². The van der Waals surface area contributed by atoms with Gasteiger partial charge in [-0.3, -0.25) is 4.79 Å². The van der Waals surface area contributed by atoms with Gasteiger partial charge in [-0.2, -0.15) is 0 Å². The number of nitrogens with two attached hydrogens (primary N) is 1. The smallest absolute Gasteiger partial charge is 0.240 e. The second kappa shape index (κ2) is 9.04. The highest BCUT2D eigenvalue weighted by Crippen LogP contribution is 2.36. The van der Waals surface area contributed by atoms with Crippen LogP contribution in [0.1, 0.15) is 35.0 Å². The van der Waals surface area contributed by atoms with Crippen molar-refractivity contribution in [2.24, 2.45) is 0 Å². The van der Waals surface area contributed by atoms with Crippen LogP contribution in [-0.2, 0) is 11.2 Å². The van der Waals surface area contributed by atoms with E-state index in [0.29, 0.717) is 17.4 Å². The Labute approximate surface area is 191 Å². The molecule has 2 heterocycles. The van der Waals surface area contributed by atoms with Crippen molar-refractivity contribution in [1.82, 2.24) is 19.8 Å². The zero-order chi connectivity index (χ0) is 21.9. The van der Waals surface area contributed by atoms with Gasteiger partial charge in [-0.25, -0.2) is 4.68 Å². The maximum Gasteiger partial charge on any atom is 0.240 e. The van der Waals surface area contributed by atoms with Crippen molar-refractivity contribution in [3.63, 3.8) is 0 Å². The largest absolute Gasteiger partial charge is 0.341 e. The van der Waals surface area contributed by atoms with Gasteiger partial charge >= 0.3 is 0 Å². The summed E-state index contributed by atoms with van der Waals surface area (Å²) in [6.07, 6.45) is 2.68. The number of rotatable bonds is 6. The zero-order valence-electron chi connectivity index (χ0n) is 17.7. The summed E-state index contributed by atoms with van der Waals surface area (Å²) in [4.78, 5) is 15.3. The number of benzene rings is 3. The molecule has 0 unspecified atom stereocenters. The second-order valence-corrected chi connectivity index (χ2v) is 9.10. The van der Waals surface area contributed by atoms with Gasteiger partial charge in [0.25, 0.3) is 0 Å². The summed E-state index contributed by atoms with van der Waals surface area (Å²) >= 11 is 1.37. The lowest BCUT2D eigenvalue weighted by molar-refractivity contribution is -0.129. The first-order valence-electron chi connectivity index (χ1n) is 10.9. The number of aromatic nitrogens is 3. The average molecular weight is 444 g/mol. The Morgan fingerprint density at radius 1 is 0.938 bits per heavy atom. The van der Waals surface area contributed by atoms with E-state index in [0.717, 1.165) is 37.1 Å². The summed E-state index contributed by atoms with van der Waals surface area (Å²) in [6, 6.07) is 24.4. The Morgan fingerprint density at radius 2 is 1.66 bits per heavy atom. The molecule has 162 valence electrons. The summed E-state index contributed by atoms with van der Waals surface area (Å²) in [6.45, 7) is 1.62. The molecule has 3 aromatic carbocycles. The molecule has 1 saturated heterocycles. The van der Waals surface area contributed by atoms with Crippen LogP contribution in [0.2, 0.25) is 0 Å². The summed E-state index contributed by atoms with van der Waals surface area (Å²) < 4.78 is 1.53. The molecule has 4 aromatic rings. The van der Waals surface area contributed by atoms with E-state index in [4.69, 9.17) is 5.84 Å². The SMILES string of the molecule is Nn1c(Cc2cccc3ccccc23)nnc1S[C@H](C(=O)N1CCCC1)c1ccccc1. The number of likely N-dealkylation sites (tertiary alicyclic amines) is 1. The van der Waals surface area contributed by atoms with E-state index >= 15 is 0 Å². The Bertz CT molecular complexity index is 1230. The fraction of sp³-hybridized carbons (Fsp3) is 0.240. The van der Waals surface area contributed by atoms with Crippen LogP contribution in [0, 0.1) is 0 Å². The molecule has 1 fully saturated rings. The van der Waals surface area contributed by atoms with E-state index in [1.807, 2.05) is 53.4 Å². The number of hydrogen-bond acceptors (Lipinski definition) is 5. The van der Waals surface area contributed by atoms with E-state index in [1.165, 1.54) is 27.2 Å². The summed E-state index contributed by atoms with van der Waals surface area (Å²) in [5.74, 6) is 7.20. The Balaban J connectivity index is 1.42. The minimum Gasteiger partial charge on any atom is -0.341 e. The average Bonchev–Trinajstić information content (AvgIpc) is 3.49. The van der Waals surface area contributed by atoms with Crippen LogP contribution in [-0.4, -0.2) is 38.8 Å². The predicted octanol–water partition coefficient (Wildman–Crippen LogP) is 4.19. The van der Waals surface area contributed by atoms with E-state index in [2.05, 4.69) is 34.5 Å². The van der Waals surface area contributed by atoms with Crippen molar-refractivity contribution in [1.29, 1.82) is 0 Å². The molecule has 1 atom stereocenters. The molecule has 1 amide bonds. The van der Waals surface area contributed by atoms with Crippen LogP contribution in [0.15, 0.2) is 78.0 Å². The summed E-state index contributed by atoms with van der Waals surface area (Å²) in [5, 5.41) is 11.2. The van der Waals surface area contributed by atoms with Crippen LogP contribution in [0.3, 0.4) is 0 Å². The monoisotopic (exact) mass is 443 g/mol. The molecule has 1 aromatic heterocycles. The molecular formula is C25H25N5OS. The van der Waals surface area contributed by atoms with Crippen LogP contribution in [0.25, 0.3) is 10.8 Å². The normalized spacial score (nSPS) is 14.7. The van der Waals surface area contributed by atoms with Crippen molar-refractivity contribution in [2.45, 2.75) is 29.7 Å². The highest BCUT2D eigenvalue weighted by molar-refractivity contribution is 8.00. The fourth-order valence-electron chi connectivity index (χ4n) is 4.22. The van der Waals surface area contributed by atoms with Crippen LogP contribution in [0.5, 0.6) is 0 Å². The molecule has 6 nitrogen and oxygen atoms in total. The quantitative estimate of drug-likeness (QED) is 0.357. The second-order valence-electron chi connectivity index (χ2n) is 8.02. The Kier molecular flexibility index (Phi) is 5.81. The minimum absolute atomic E-state index is 0.109. The predicted molar refractivity (Wildman–Crippen MR) is 128 cm³/mol. The Morgan fingerprint density at radius 3 is 2.47 bits per heavy atom. The number of thioether (sulfide) groups is 1. The first-order chi connectivity index (χ1) is 15.7. The number of amides is 1. The van der Waals surface area contributed by atoms with E-state index in [9.17, 15) is 4.79 Å². The van der Waals surface area contributed by atoms with Crippen LogP contribution in [0.4, 0.5) is 0 Å². The zero-order valence-corrected chi connectivity index (χ0v) is 18.5. The molecule has 1 aliphatic rings. The van der Waals surface area contributed by atoms with Gasteiger partial charge < -0.3 is 10.7 Å². The van der Waals surface area contributed by atoms with Gasteiger partial charge in [-0.1, -0.05) is 84.6 Å². The molecule has 0 saturated carbocycles. The molecular weight excluding hydrogens is 418 g/mol. The molecule has 0 spiro atoms. The van der Waals surface area contributed by atoms with E-state index in [-0.39, 0.29) is 5.91 Å². The number of hydrogen-bond donors (Lipinski definition) is 1. The third-order valence-electron chi connectivity index (χ3n) is 5.93. The third-order valence-corrected chi connectivity index (χ3v) is 7.13. The van der Waals surface area contributed by atoms with Gasteiger partial charge in [0.05, 0.1) is 0 Å². The van der Waals surface area contributed by atoms with Crippen molar-refractivity contribution in [3.8, 4) is 0 Å². The lowest BCUT2D eigenvalue weighted by Crippen LogP contribution is -2.31. The summed E-state index contributed by atoms with van der Waals surface area (Å²) in [5.41, 5.74) is 2.10. The lowest BCUT2D eigenvalue weighted by Gasteiger charge is -2.22. The van der Waals surface area contributed by atoms with E-state index < -0.39 is 5.25 Å². The summed E-state index contributed by atoms with van der Waals surface area (Å²) in [7, 11) is 0. The molecule has 5 rings (SSSR count). The highest BCUT2D eigenvalue weighted by atomic mass is 32.2. The van der Waals surface area contributed by atoms with Crippen molar-refractivity contribution < 1.29 is 4.79 Å². The molecule has 1 aliphatic heterocycles. The molecule has 32 heavy (non-hydrogen) atoms. The fourth-order valence-corrected chi connectivity index (χ4v) is 5.28. The van der Waals surface area contributed by atoms with Crippen molar-refractivity contribution in [3.05, 3.63) is 89.7 Å².